The molecule has 1 N–H and O–H groups in total. The Morgan fingerprint density at radius 1 is 0.963 bits per heavy atom. The standard InChI is InChI=1S/C23H31N3O/c1-3-10-22(20-11-6-4-7-12-20)24-23(27)19(2)25-15-17-26(18-16-25)21-13-8-5-9-14-21/h4-9,11-14,19,22H,3,10,15-18H2,1-2H3,(H,24,27)/t19-,22-/m1/s1. The number of nitrogens with zero attached hydrogens (tertiary/aromatic N) is 2. The van der Waals surface area contributed by atoms with Crippen LogP contribution in [-0.4, -0.2) is 43.0 Å². The summed E-state index contributed by atoms with van der Waals surface area (Å²) in [7, 11) is 0. The third-order valence-corrected chi connectivity index (χ3v) is 5.46. The van der Waals surface area contributed by atoms with Crippen LogP contribution in [-0.2, 0) is 4.79 Å². The first-order chi connectivity index (χ1) is 13.2. The second-order valence-corrected chi connectivity index (χ2v) is 7.30. The van der Waals surface area contributed by atoms with Gasteiger partial charge in [0.25, 0.3) is 0 Å². The van der Waals surface area contributed by atoms with Crippen LogP contribution in [0, 0.1) is 0 Å². The number of para-hydroxylation sites is 1. The number of rotatable bonds is 7. The highest BCUT2D eigenvalue weighted by atomic mass is 16.2. The molecule has 0 radical (unpaired) electrons. The predicted molar refractivity (Wildman–Crippen MR) is 112 cm³/mol. The van der Waals surface area contributed by atoms with E-state index in [9.17, 15) is 4.79 Å². The summed E-state index contributed by atoms with van der Waals surface area (Å²) >= 11 is 0. The van der Waals surface area contributed by atoms with Crippen molar-refractivity contribution in [2.75, 3.05) is 31.1 Å². The molecule has 0 unspecified atom stereocenters. The van der Waals surface area contributed by atoms with E-state index in [1.54, 1.807) is 0 Å². The van der Waals surface area contributed by atoms with Gasteiger partial charge in [-0.25, -0.2) is 0 Å². The minimum absolute atomic E-state index is 0.0942. The minimum Gasteiger partial charge on any atom is -0.369 e. The SMILES string of the molecule is CCC[C@@H](NC(=O)[C@@H](C)N1CCN(c2ccccc2)CC1)c1ccccc1. The molecule has 2 aromatic rings. The first kappa shape index (κ1) is 19.4. The van der Waals surface area contributed by atoms with Gasteiger partial charge in [-0.3, -0.25) is 9.69 Å². The molecule has 1 fully saturated rings. The smallest absolute Gasteiger partial charge is 0.237 e. The van der Waals surface area contributed by atoms with E-state index in [0.29, 0.717) is 0 Å². The van der Waals surface area contributed by atoms with Crippen molar-refractivity contribution in [1.82, 2.24) is 10.2 Å². The summed E-state index contributed by atoms with van der Waals surface area (Å²) in [6.07, 6.45) is 2.01. The zero-order valence-electron chi connectivity index (χ0n) is 16.5. The maximum Gasteiger partial charge on any atom is 0.237 e. The predicted octanol–water partition coefficient (Wildman–Crippen LogP) is 3.85. The van der Waals surface area contributed by atoms with E-state index in [2.05, 4.69) is 58.4 Å². The number of amides is 1. The fourth-order valence-corrected chi connectivity index (χ4v) is 3.76. The molecule has 0 aliphatic carbocycles. The molecule has 1 saturated heterocycles. The van der Waals surface area contributed by atoms with Gasteiger partial charge in [0.1, 0.15) is 0 Å². The van der Waals surface area contributed by atoms with Gasteiger partial charge in [0, 0.05) is 31.9 Å². The molecule has 2 atom stereocenters. The quantitative estimate of drug-likeness (QED) is 0.809. The molecule has 4 nitrogen and oxygen atoms in total. The van der Waals surface area contributed by atoms with E-state index in [1.165, 1.54) is 11.3 Å². The lowest BCUT2D eigenvalue weighted by Crippen LogP contribution is -2.54. The Hall–Kier alpha value is -2.33. The number of hydrogen-bond donors (Lipinski definition) is 1. The maximum absolute atomic E-state index is 12.9. The molecule has 144 valence electrons. The Bertz CT molecular complexity index is 696. The number of carbonyl (C=O) groups is 1. The summed E-state index contributed by atoms with van der Waals surface area (Å²) in [6, 6.07) is 20.8. The highest BCUT2D eigenvalue weighted by molar-refractivity contribution is 5.81. The molecule has 1 aliphatic heterocycles. The van der Waals surface area contributed by atoms with Crippen LogP contribution in [0.4, 0.5) is 5.69 Å². The molecule has 2 aromatic carbocycles. The van der Waals surface area contributed by atoms with Crippen LogP contribution in [0.3, 0.4) is 0 Å². The Morgan fingerprint density at radius 2 is 1.56 bits per heavy atom. The van der Waals surface area contributed by atoms with Crippen LogP contribution < -0.4 is 10.2 Å². The number of piperazine rings is 1. The summed E-state index contributed by atoms with van der Waals surface area (Å²) in [5.74, 6) is 0.130. The molecule has 1 amide bonds. The van der Waals surface area contributed by atoms with Crippen LogP contribution in [0.15, 0.2) is 60.7 Å². The Kier molecular flexibility index (Phi) is 6.88. The van der Waals surface area contributed by atoms with Crippen molar-refractivity contribution in [3.05, 3.63) is 66.2 Å². The largest absolute Gasteiger partial charge is 0.369 e. The van der Waals surface area contributed by atoms with Crippen LogP contribution in [0.5, 0.6) is 0 Å². The van der Waals surface area contributed by atoms with E-state index in [4.69, 9.17) is 0 Å². The summed E-state index contributed by atoms with van der Waals surface area (Å²) in [5.41, 5.74) is 2.45. The second kappa shape index (κ2) is 9.56. The van der Waals surface area contributed by atoms with Gasteiger partial charge in [-0.2, -0.15) is 0 Å². The number of carbonyl (C=O) groups excluding carboxylic acids is 1. The summed E-state index contributed by atoms with van der Waals surface area (Å²) in [6.45, 7) is 7.92. The van der Waals surface area contributed by atoms with E-state index >= 15 is 0 Å². The lowest BCUT2D eigenvalue weighted by molar-refractivity contribution is -0.126. The third-order valence-electron chi connectivity index (χ3n) is 5.46. The Morgan fingerprint density at radius 3 is 2.15 bits per heavy atom. The molecule has 4 heteroatoms. The van der Waals surface area contributed by atoms with E-state index in [0.717, 1.165) is 39.0 Å². The topological polar surface area (TPSA) is 35.6 Å². The average molecular weight is 366 g/mol. The second-order valence-electron chi connectivity index (χ2n) is 7.30. The Labute approximate surface area is 163 Å². The zero-order valence-corrected chi connectivity index (χ0v) is 16.5. The van der Waals surface area contributed by atoms with Crippen LogP contribution in [0.1, 0.15) is 38.3 Å². The molecule has 3 rings (SSSR count). The van der Waals surface area contributed by atoms with Crippen LogP contribution in [0.25, 0.3) is 0 Å². The summed E-state index contributed by atoms with van der Waals surface area (Å²) < 4.78 is 0. The van der Waals surface area contributed by atoms with Crippen LogP contribution >= 0.6 is 0 Å². The van der Waals surface area contributed by atoms with Crippen molar-refractivity contribution in [3.8, 4) is 0 Å². The molecule has 0 saturated carbocycles. The number of benzene rings is 2. The van der Waals surface area contributed by atoms with Gasteiger partial charge in [-0.1, -0.05) is 61.9 Å². The molecular formula is C23H31N3O. The lowest BCUT2D eigenvalue weighted by atomic mass is 10.0. The summed E-state index contributed by atoms with van der Waals surface area (Å²) in [4.78, 5) is 17.6. The maximum atomic E-state index is 12.9. The van der Waals surface area contributed by atoms with Gasteiger partial charge in [0.2, 0.25) is 5.91 Å². The van der Waals surface area contributed by atoms with Gasteiger partial charge in [-0.15, -0.1) is 0 Å². The van der Waals surface area contributed by atoms with E-state index in [-0.39, 0.29) is 18.0 Å². The van der Waals surface area contributed by atoms with Gasteiger partial charge in [-0.05, 0) is 31.0 Å². The number of nitrogens with one attached hydrogen (secondary N) is 1. The van der Waals surface area contributed by atoms with E-state index in [1.807, 2.05) is 31.2 Å². The van der Waals surface area contributed by atoms with Gasteiger partial charge in [0.15, 0.2) is 0 Å². The number of anilines is 1. The van der Waals surface area contributed by atoms with E-state index < -0.39 is 0 Å². The fraction of sp³-hybridized carbons (Fsp3) is 0.435. The van der Waals surface area contributed by atoms with Gasteiger partial charge < -0.3 is 10.2 Å². The first-order valence-corrected chi connectivity index (χ1v) is 10.1. The van der Waals surface area contributed by atoms with Crippen LogP contribution in [0.2, 0.25) is 0 Å². The first-order valence-electron chi connectivity index (χ1n) is 10.1. The van der Waals surface area contributed by atoms with Crippen molar-refractivity contribution in [2.45, 2.75) is 38.8 Å². The molecular weight excluding hydrogens is 334 g/mol. The zero-order chi connectivity index (χ0) is 19.1. The number of hydrogen-bond acceptors (Lipinski definition) is 3. The molecule has 0 aromatic heterocycles. The molecule has 1 heterocycles. The third kappa shape index (κ3) is 5.10. The average Bonchev–Trinajstić information content (AvgIpc) is 2.74. The highest BCUT2D eigenvalue weighted by Crippen LogP contribution is 2.20. The monoisotopic (exact) mass is 365 g/mol. The van der Waals surface area contributed by atoms with Gasteiger partial charge in [0.05, 0.1) is 12.1 Å². The van der Waals surface area contributed by atoms with Crippen molar-refractivity contribution in [1.29, 1.82) is 0 Å². The van der Waals surface area contributed by atoms with Crippen molar-refractivity contribution in [3.63, 3.8) is 0 Å². The molecule has 0 spiro atoms. The van der Waals surface area contributed by atoms with Crippen molar-refractivity contribution < 1.29 is 4.79 Å². The fourth-order valence-electron chi connectivity index (χ4n) is 3.76. The van der Waals surface area contributed by atoms with Crippen molar-refractivity contribution >= 4 is 11.6 Å². The highest BCUT2D eigenvalue weighted by Gasteiger charge is 2.27. The molecule has 1 aliphatic rings. The van der Waals surface area contributed by atoms with Crippen molar-refractivity contribution in [2.24, 2.45) is 0 Å². The molecule has 27 heavy (non-hydrogen) atoms. The minimum atomic E-state index is -0.106. The Balaban J connectivity index is 1.55. The normalized spacial score (nSPS) is 17.3. The molecule has 0 bridgehead atoms. The summed E-state index contributed by atoms with van der Waals surface area (Å²) in [5, 5.41) is 3.28. The van der Waals surface area contributed by atoms with Gasteiger partial charge >= 0.3 is 0 Å². The lowest BCUT2D eigenvalue weighted by Gasteiger charge is -2.39.